The predicted octanol–water partition coefficient (Wildman–Crippen LogP) is 0.528. The van der Waals surface area contributed by atoms with Gasteiger partial charge in [0, 0.05) is 0 Å². The molecule has 0 aliphatic carbocycles. The van der Waals surface area contributed by atoms with E-state index in [4.69, 9.17) is 10.2 Å². The number of hydrogen-bond donors (Lipinski definition) is 2. The molecule has 0 saturated heterocycles. The maximum absolute atomic E-state index is 8.69. The van der Waals surface area contributed by atoms with Gasteiger partial charge in [0.25, 0.3) is 0 Å². The van der Waals surface area contributed by atoms with Crippen LogP contribution in [-0.4, -0.2) is 22.4 Å². The number of rotatable bonds is 3. The molecule has 0 amide bonds. The van der Waals surface area contributed by atoms with Gasteiger partial charge in [-0.25, -0.2) is 0 Å². The molecule has 8 heavy (non-hydrogen) atoms. The Morgan fingerprint density at radius 3 is 1.38 bits per heavy atom. The van der Waals surface area contributed by atoms with Crippen LogP contribution < -0.4 is 0 Å². The summed E-state index contributed by atoms with van der Waals surface area (Å²) >= 11 is 0. The third kappa shape index (κ3) is 5.92. The van der Waals surface area contributed by atoms with Gasteiger partial charge in [-0.05, 0) is 26.7 Å². The first-order valence-electron chi connectivity index (χ1n) is 2.99. The highest BCUT2D eigenvalue weighted by Gasteiger charge is 1.98. The summed E-state index contributed by atoms with van der Waals surface area (Å²) in [6.45, 7) is 3.45. The van der Waals surface area contributed by atoms with Crippen molar-refractivity contribution in [2.24, 2.45) is 0 Å². The summed E-state index contributed by atoms with van der Waals surface area (Å²) in [6.07, 6.45) is 0.837. The third-order valence-electron chi connectivity index (χ3n) is 1.00. The van der Waals surface area contributed by atoms with Gasteiger partial charge in [-0.2, -0.15) is 0 Å². The zero-order valence-electron chi connectivity index (χ0n) is 5.46. The van der Waals surface area contributed by atoms with Crippen LogP contribution in [0.1, 0.15) is 26.7 Å². The molecule has 0 aromatic carbocycles. The Bertz CT molecular complexity index is 42.5. The summed E-state index contributed by atoms with van der Waals surface area (Å²) in [5.74, 6) is 0. The molecule has 0 aliphatic heterocycles. The van der Waals surface area contributed by atoms with Gasteiger partial charge in [-0.15, -0.1) is 0 Å². The van der Waals surface area contributed by atoms with Crippen LogP contribution in [0.15, 0.2) is 0 Å². The lowest BCUT2D eigenvalue weighted by atomic mass is 10.1. The SMILES string of the molecule is CC(O)CC[C@@H](C)O. The Labute approximate surface area is 50.2 Å². The molecule has 1 unspecified atom stereocenters. The quantitative estimate of drug-likeness (QED) is 0.567. The van der Waals surface area contributed by atoms with Gasteiger partial charge in [0.15, 0.2) is 0 Å². The van der Waals surface area contributed by atoms with Gasteiger partial charge in [-0.1, -0.05) is 0 Å². The molecule has 2 nitrogen and oxygen atoms in total. The highest BCUT2D eigenvalue weighted by Crippen LogP contribution is 1.98. The first-order valence-corrected chi connectivity index (χ1v) is 2.99. The maximum Gasteiger partial charge on any atom is 0.0513 e. The van der Waals surface area contributed by atoms with Crippen LogP contribution in [0.5, 0.6) is 0 Å². The van der Waals surface area contributed by atoms with E-state index in [2.05, 4.69) is 0 Å². The van der Waals surface area contributed by atoms with E-state index in [1.807, 2.05) is 0 Å². The molecule has 2 heteroatoms. The van der Waals surface area contributed by atoms with Gasteiger partial charge < -0.3 is 10.2 Å². The molecular weight excluding hydrogens is 104 g/mol. The summed E-state index contributed by atoms with van der Waals surface area (Å²) < 4.78 is 0. The fourth-order valence-electron chi connectivity index (χ4n) is 0.482. The van der Waals surface area contributed by atoms with Crippen molar-refractivity contribution in [3.8, 4) is 0 Å². The summed E-state index contributed by atoms with van der Waals surface area (Å²) in [7, 11) is 0. The maximum atomic E-state index is 8.69. The summed E-state index contributed by atoms with van der Waals surface area (Å²) in [5, 5.41) is 17.4. The molecule has 2 N–H and O–H groups in total. The summed E-state index contributed by atoms with van der Waals surface area (Å²) in [5.41, 5.74) is 0. The second kappa shape index (κ2) is 3.87. The van der Waals surface area contributed by atoms with Crippen molar-refractivity contribution >= 4 is 0 Å². The van der Waals surface area contributed by atoms with Crippen LogP contribution in [0.25, 0.3) is 0 Å². The van der Waals surface area contributed by atoms with Gasteiger partial charge in [0.2, 0.25) is 0 Å². The monoisotopic (exact) mass is 118 g/mol. The zero-order chi connectivity index (χ0) is 6.57. The molecule has 0 radical (unpaired) electrons. The minimum Gasteiger partial charge on any atom is -0.393 e. The minimum atomic E-state index is -0.274. The van der Waals surface area contributed by atoms with Gasteiger partial charge in [-0.3, -0.25) is 0 Å². The van der Waals surface area contributed by atoms with Crippen molar-refractivity contribution < 1.29 is 10.2 Å². The Balaban J connectivity index is 2.93. The van der Waals surface area contributed by atoms with Crippen molar-refractivity contribution in [1.82, 2.24) is 0 Å². The fourth-order valence-corrected chi connectivity index (χ4v) is 0.482. The second-order valence-electron chi connectivity index (χ2n) is 2.28. The van der Waals surface area contributed by atoms with E-state index in [1.165, 1.54) is 0 Å². The molecule has 50 valence electrons. The molecule has 0 bridgehead atoms. The number of hydrogen-bond acceptors (Lipinski definition) is 2. The van der Waals surface area contributed by atoms with E-state index in [0.717, 1.165) is 0 Å². The highest BCUT2D eigenvalue weighted by atomic mass is 16.3. The molecule has 0 aromatic heterocycles. The molecule has 0 spiro atoms. The number of aliphatic hydroxyl groups is 2. The Kier molecular flexibility index (Phi) is 3.83. The van der Waals surface area contributed by atoms with Crippen LogP contribution in [-0.2, 0) is 0 Å². The fraction of sp³-hybridized carbons (Fsp3) is 1.00. The van der Waals surface area contributed by atoms with Crippen LogP contribution in [0.4, 0.5) is 0 Å². The van der Waals surface area contributed by atoms with Crippen molar-refractivity contribution in [3.05, 3.63) is 0 Å². The van der Waals surface area contributed by atoms with Crippen molar-refractivity contribution in [2.75, 3.05) is 0 Å². The van der Waals surface area contributed by atoms with Gasteiger partial charge in [0.05, 0.1) is 12.2 Å². The first kappa shape index (κ1) is 7.92. The van der Waals surface area contributed by atoms with Crippen LogP contribution >= 0.6 is 0 Å². The van der Waals surface area contributed by atoms with E-state index in [9.17, 15) is 0 Å². The molecule has 0 heterocycles. The van der Waals surface area contributed by atoms with E-state index < -0.39 is 0 Å². The summed E-state index contributed by atoms with van der Waals surface area (Å²) in [4.78, 5) is 0. The normalized spacial score (nSPS) is 18.0. The van der Waals surface area contributed by atoms with E-state index in [-0.39, 0.29) is 12.2 Å². The van der Waals surface area contributed by atoms with Crippen LogP contribution in [0.3, 0.4) is 0 Å². The lowest BCUT2D eigenvalue weighted by Crippen LogP contribution is -2.06. The molecule has 0 fully saturated rings. The first-order chi connectivity index (χ1) is 3.63. The van der Waals surface area contributed by atoms with E-state index >= 15 is 0 Å². The Morgan fingerprint density at radius 1 is 1.00 bits per heavy atom. The molecule has 0 saturated carbocycles. The number of aliphatic hydroxyl groups excluding tert-OH is 2. The summed E-state index contributed by atoms with van der Waals surface area (Å²) in [6, 6.07) is 0. The molecular formula is C6H14O2. The second-order valence-corrected chi connectivity index (χ2v) is 2.28. The van der Waals surface area contributed by atoms with Gasteiger partial charge >= 0.3 is 0 Å². The molecule has 0 aliphatic rings. The van der Waals surface area contributed by atoms with Gasteiger partial charge in [0.1, 0.15) is 0 Å². The molecule has 2 atom stereocenters. The third-order valence-corrected chi connectivity index (χ3v) is 1.00. The van der Waals surface area contributed by atoms with E-state index in [0.29, 0.717) is 12.8 Å². The van der Waals surface area contributed by atoms with Crippen molar-refractivity contribution in [1.29, 1.82) is 0 Å². The van der Waals surface area contributed by atoms with Crippen molar-refractivity contribution in [2.45, 2.75) is 38.9 Å². The minimum absolute atomic E-state index is 0.274. The highest BCUT2D eigenvalue weighted by molar-refractivity contribution is 4.51. The largest absolute Gasteiger partial charge is 0.393 e. The van der Waals surface area contributed by atoms with Crippen molar-refractivity contribution in [3.63, 3.8) is 0 Å². The standard InChI is InChI=1S/C6H14O2/c1-5(7)3-4-6(2)8/h5-8H,3-4H2,1-2H3/t5-,6?/m1/s1. The lowest BCUT2D eigenvalue weighted by Gasteiger charge is -2.04. The van der Waals surface area contributed by atoms with Crippen LogP contribution in [0, 0.1) is 0 Å². The average molecular weight is 118 g/mol. The topological polar surface area (TPSA) is 40.5 Å². The smallest absolute Gasteiger partial charge is 0.0513 e. The lowest BCUT2D eigenvalue weighted by molar-refractivity contribution is 0.133. The Hall–Kier alpha value is -0.0800. The zero-order valence-corrected chi connectivity index (χ0v) is 5.46. The Morgan fingerprint density at radius 2 is 1.25 bits per heavy atom. The van der Waals surface area contributed by atoms with Crippen LogP contribution in [0.2, 0.25) is 0 Å². The predicted molar refractivity (Wildman–Crippen MR) is 32.6 cm³/mol. The average Bonchev–Trinajstić information content (AvgIpc) is 1.61. The molecule has 0 rings (SSSR count). The molecule has 0 aromatic rings. The van der Waals surface area contributed by atoms with E-state index in [1.54, 1.807) is 13.8 Å².